The van der Waals surface area contributed by atoms with E-state index in [-0.39, 0.29) is 11.8 Å². The summed E-state index contributed by atoms with van der Waals surface area (Å²) in [6.07, 6.45) is 0. The molecule has 18 heavy (non-hydrogen) atoms. The summed E-state index contributed by atoms with van der Waals surface area (Å²) in [5.41, 5.74) is 6.95. The summed E-state index contributed by atoms with van der Waals surface area (Å²) in [6, 6.07) is 5.38. The highest BCUT2D eigenvalue weighted by atomic mass is 35.5. The Bertz CT molecular complexity index is 473. The predicted octanol–water partition coefficient (Wildman–Crippen LogP) is 2.37. The molecule has 4 nitrogen and oxygen atoms in total. The fourth-order valence-corrected chi connectivity index (χ4v) is 2.35. The monoisotopic (exact) mass is 267 g/mol. The van der Waals surface area contributed by atoms with Gasteiger partial charge in [-0.2, -0.15) is 0 Å². The molecule has 0 aliphatic carbocycles. The van der Waals surface area contributed by atoms with E-state index in [9.17, 15) is 5.11 Å². The van der Waals surface area contributed by atoms with Crippen molar-refractivity contribution >= 4 is 17.6 Å². The zero-order valence-electron chi connectivity index (χ0n) is 10.6. The third kappa shape index (κ3) is 2.53. The van der Waals surface area contributed by atoms with Gasteiger partial charge in [0.2, 0.25) is 0 Å². The molecule has 0 bridgehead atoms. The van der Waals surface area contributed by atoms with Gasteiger partial charge in [-0.25, -0.2) is 0 Å². The lowest BCUT2D eigenvalue weighted by Gasteiger charge is -2.28. The molecule has 5 heteroatoms. The van der Waals surface area contributed by atoms with Crippen molar-refractivity contribution in [2.24, 2.45) is 16.6 Å². The highest BCUT2D eigenvalue weighted by molar-refractivity contribution is 6.32. The van der Waals surface area contributed by atoms with Gasteiger partial charge >= 0.3 is 0 Å². The Morgan fingerprint density at radius 2 is 2.28 bits per heavy atom. The molecule has 1 heterocycles. The van der Waals surface area contributed by atoms with Gasteiger partial charge in [0.15, 0.2) is 5.96 Å². The van der Waals surface area contributed by atoms with Gasteiger partial charge in [0.05, 0.1) is 17.6 Å². The van der Waals surface area contributed by atoms with Gasteiger partial charge in [-0.15, -0.1) is 0 Å². The molecule has 1 aliphatic heterocycles. The molecule has 0 saturated carbocycles. The molecule has 0 fully saturated rings. The van der Waals surface area contributed by atoms with E-state index in [1.54, 1.807) is 12.1 Å². The molecule has 2 rings (SSSR count). The van der Waals surface area contributed by atoms with Crippen LogP contribution >= 0.6 is 11.6 Å². The van der Waals surface area contributed by atoms with Crippen LogP contribution in [0.25, 0.3) is 0 Å². The van der Waals surface area contributed by atoms with Gasteiger partial charge in [0, 0.05) is 6.54 Å². The standard InChI is InChI=1S/C13H18ClN3O/c1-8(2)7-17-11(6-16-13(17)15)9-3-4-12(18)10(14)5-9/h3-5,8,11,18H,6-7H2,1-2H3,(H2,15,16). The van der Waals surface area contributed by atoms with Crippen LogP contribution < -0.4 is 5.73 Å². The Labute approximate surface area is 112 Å². The number of nitrogens with two attached hydrogens (primary N) is 1. The topological polar surface area (TPSA) is 61.8 Å². The third-order valence-electron chi connectivity index (χ3n) is 3.02. The lowest BCUT2D eigenvalue weighted by Crippen LogP contribution is -2.38. The van der Waals surface area contributed by atoms with Crippen LogP contribution in [-0.4, -0.2) is 29.1 Å². The van der Waals surface area contributed by atoms with Crippen LogP contribution in [0.4, 0.5) is 0 Å². The van der Waals surface area contributed by atoms with Gasteiger partial charge < -0.3 is 15.7 Å². The summed E-state index contributed by atoms with van der Waals surface area (Å²) in [6.45, 7) is 5.79. The minimum absolute atomic E-state index is 0.0997. The first-order valence-electron chi connectivity index (χ1n) is 6.04. The van der Waals surface area contributed by atoms with Crippen LogP contribution in [-0.2, 0) is 0 Å². The zero-order valence-corrected chi connectivity index (χ0v) is 11.4. The van der Waals surface area contributed by atoms with Crippen molar-refractivity contribution in [3.63, 3.8) is 0 Å². The molecule has 3 N–H and O–H groups in total. The number of aromatic hydroxyl groups is 1. The minimum atomic E-state index is 0.0997. The largest absolute Gasteiger partial charge is 0.506 e. The molecule has 0 amide bonds. The van der Waals surface area contributed by atoms with Crippen molar-refractivity contribution in [3.05, 3.63) is 28.8 Å². The van der Waals surface area contributed by atoms with E-state index in [0.29, 0.717) is 23.4 Å². The maximum Gasteiger partial charge on any atom is 0.191 e. The van der Waals surface area contributed by atoms with Gasteiger partial charge in [0.25, 0.3) is 0 Å². The van der Waals surface area contributed by atoms with Crippen LogP contribution in [0.15, 0.2) is 23.2 Å². The van der Waals surface area contributed by atoms with Gasteiger partial charge in [-0.05, 0) is 23.6 Å². The molecule has 1 aliphatic rings. The van der Waals surface area contributed by atoms with Crippen LogP contribution in [0, 0.1) is 5.92 Å². The summed E-state index contributed by atoms with van der Waals surface area (Å²) < 4.78 is 0. The maximum absolute atomic E-state index is 9.45. The van der Waals surface area contributed by atoms with E-state index in [4.69, 9.17) is 17.3 Å². The van der Waals surface area contributed by atoms with E-state index >= 15 is 0 Å². The summed E-state index contributed by atoms with van der Waals surface area (Å²) in [5, 5.41) is 9.81. The van der Waals surface area contributed by atoms with Crippen molar-refractivity contribution in [2.45, 2.75) is 19.9 Å². The summed E-state index contributed by atoms with van der Waals surface area (Å²) in [4.78, 5) is 6.39. The van der Waals surface area contributed by atoms with E-state index in [2.05, 4.69) is 23.7 Å². The Kier molecular flexibility index (Phi) is 3.66. The maximum atomic E-state index is 9.45. The van der Waals surface area contributed by atoms with Crippen LogP contribution in [0.2, 0.25) is 5.02 Å². The number of phenolic OH excluding ortho intramolecular Hbond substituents is 1. The fraction of sp³-hybridized carbons (Fsp3) is 0.462. The second-order valence-corrected chi connectivity index (χ2v) is 5.38. The molecule has 1 unspecified atom stereocenters. The van der Waals surface area contributed by atoms with Crippen molar-refractivity contribution < 1.29 is 5.11 Å². The smallest absolute Gasteiger partial charge is 0.191 e. The van der Waals surface area contributed by atoms with Crippen LogP contribution in [0.1, 0.15) is 25.5 Å². The van der Waals surface area contributed by atoms with E-state index in [1.807, 2.05) is 6.07 Å². The first-order chi connectivity index (χ1) is 8.49. The number of phenols is 1. The molecule has 0 radical (unpaired) electrons. The molecule has 1 aromatic carbocycles. The Morgan fingerprint density at radius 1 is 1.56 bits per heavy atom. The molecular formula is C13H18ClN3O. The number of rotatable bonds is 3. The van der Waals surface area contributed by atoms with Crippen molar-refractivity contribution in [1.29, 1.82) is 0 Å². The number of hydrogen-bond acceptors (Lipinski definition) is 4. The van der Waals surface area contributed by atoms with Gasteiger partial charge in [-0.3, -0.25) is 4.99 Å². The van der Waals surface area contributed by atoms with Crippen molar-refractivity contribution in [1.82, 2.24) is 4.90 Å². The van der Waals surface area contributed by atoms with Gasteiger partial charge in [-0.1, -0.05) is 31.5 Å². The summed E-state index contributed by atoms with van der Waals surface area (Å²) in [7, 11) is 0. The SMILES string of the molecule is CC(C)CN1C(N)=NCC1c1ccc(O)c(Cl)c1. The first-order valence-corrected chi connectivity index (χ1v) is 6.42. The van der Waals surface area contributed by atoms with E-state index < -0.39 is 0 Å². The number of halogens is 1. The van der Waals surface area contributed by atoms with Crippen molar-refractivity contribution in [3.8, 4) is 5.75 Å². The molecular weight excluding hydrogens is 250 g/mol. The number of nitrogens with zero attached hydrogens (tertiary/aromatic N) is 2. The highest BCUT2D eigenvalue weighted by Gasteiger charge is 2.28. The molecule has 1 atom stereocenters. The quantitative estimate of drug-likeness (QED) is 0.884. The number of guanidine groups is 1. The lowest BCUT2D eigenvalue weighted by molar-refractivity contribution is 0.309. The molecule has 1 aromatic rings. The second kappa shape index (κ2) is 5.06. The summed E-state index contributed by atoms with van der Waals surface area (Å²) in [5.74, 6) is 1.19. The number of aliphatic imine (C=N–C) groups is 1. The Morgan fingerprint density at radius 3 is 2.89 bits per heavy atom. The molecule has 0 aromatic heterocycles. The predicted molar refractivity (Wildman–Crippen MR) is 73.9 cm³/mol. The zero-order chi connectivity index (χ0) is 13.3. The number of benzene rings is 1. The van der Waals surface area contributed by atoms with Gasteiger partial charge in [0.1, 0.15) is 5.75 Å². The second-order valence-electron chi connectivity index (χ2n) is 4.97. The Balaban J connectivity index is 2.24. The van der Waals surface area contributed by atoms with Crippen molar-refractivity contribution in [2.75, 3.05) is 13.1 Å². The van der Waals surface area contributed by atoms with Crippen LogP contribution in [0.3, 0.4) is 0 Å². The lowest BCUT2D eigenvalue weighted by atomic mass is 10.0. The van der Waals surface area contributed by atoms with E-state index in [0.717, 1.165) is 12.1 Å². The highest BCUT2D eigenvalue weighted by Crippen LogP contribution is 2.31. The van der Waals surface area contributed by atoms with Crippen LogP contribution in [0.5, 0.6) is 5.75 Å². The molecule has 98 valence electrons. The normalized spacial score (nSPS) is 19.4. The third-order valence-corrected chi connectivity index (χ3v) is 3.32. The summed E-state index contributed by atoms with van der Waals surface area (Å²) >= 11 is 5.94. The average Bonchev–Trinajstić information content (AvgIpc) is 2.64. The first kappa shape index (κ1) is 13.0. The molecule has 0 saturated heterocycles. The fourth-order valence-electron chi connectivity index (χ4n) is 2.16. The van der Waals surface area contributed by atoms with E-state index in [1.165, 1.54) is 0 Å². The number of hydrogen-bond donors (Lipinski definition) is 2. The Hall–Kier alpha value is -1.42. The minimum Gasteiger partial charge on any atom is -0.506 e. The molecule has 0 spiro atoms. The average molecular weight is 268 g/mol.